The molecule has 0 saturated carbocycles. The van der Waals surface area contributed by atoms with E-state index in [0.29, 0.717) is 0 Å². The summed E-state index contributed by atoms with van der Waals surface area (Å²) in [5, 5.41) is 10.4. The van der Waals surface area contributed by atoms with Gasteiger partial charge < -0.3 is 9.84 Å². The summed E-state index contributed by atoms with van der Waals surface area (Å²) in [6.45, 7) is 1.47. The Morgan fingerprint density at radius 1 is 1.26 bits per heavy atom. The Hall–Kier alpha value is -3.36. The van der Waals surface area contributed by atoms with Crippen molar-refractivity contribution in [1.82, 2.24) is 9.55 Å². The average Bonchev–Trinajstić information content (AvgIpc) is 2.62. The fraction of sp³-hybridized carbons (Fsp3) is 0.167. The number of benzene rings is 1. The predicted molar refractivity (Wildman–Crippen MR) is 90.0 cm³/mol. The van der Waals surface area contributed by atoms with Gasteiger partial charge in [-0.25, -0.2) is 9.78 Å². The van der Waals surface area contributed by atoms with Gasteiger partial charge in [0, 0.05) is 6.20 Å². The Bertz CT molecular complexity index is 1090. The van der Waals surface area contributed by atoms with E-state index in [2.05, 4.69) is 4.98 Å². The van der Waals surface area contributed by atoms with Crippen molar-refractivity contribution < 1.29 is 27.8 Å². The monoisotopic (exact) mass is 378 g/mol. The third-order valence-corrected chi connectivity index (χ3v) is 3.82. The Morgan fingerprint density at radius 2 is 2.00 bits per heavy atom. The fourth-order valence-electron chi connectivity index (χ4n) is 2.65. The highest BCUT2D eigenvalue weighted by Crippen LogP contribution is 2.32. The molecule has 0 amide bonds. The van der Waals surface area contributed by atoms with Crippen LogP contribution in [0.2, 0.25) is 0 Å². The molecule has 6 nitrogen and oxygen atoms in total. The van der Waals surface area contributed by atoms with Crippen LogP contribution in [0.5, 0.6) is 5.75 Å². The Kier molecular flexibility index (Phi) is 4.61. The lowest BCUT2D eigenvalue weighted by molar-refractivity contribution is -0.137. The van der Waals surface area contributed by atoms with E-state index in [-0.39, 0.29) is 23.3 Å². The minimum atomic E-state index is -4.62. The Balaban J connectivity index is 2.40. The molecule has 0 bridgehead atoms. The molecule has 3 rings (SSSR count). The van der Waals surface area contributed by atoms with Gasteiger partial charge in [-0.05, 0) is 37.3 Å². The molecule has 0 aliphatic carbocycles. The summed E-state index contributed by atoms with van der Waals surface area (Å²) in [5.74, 6) is -1.71. The number of aromatic hydroxyl groups is 1. The van der Waals surface area contributed by atoms with Gasteiger partial charge >= 0.3 is 12.1 Å². The molecule has 0 aliphatic rings. The van der Waals surface area contributed by atoms with Gasteiger partial charge in [0.05, 0.1) is 23.2 Å². The normalized spacial score (nSPS) is 11.6. The van der Waals surface area contributed by atoms with Crippen molar-refractivity contribution in [2.24, 2.45) is 0 Å². The van der Waals surface area contributed by atoms with Crippen molar-refractivity contribution in [2.45, 2.75) is 13.1 Å². The van der Waals surface area contributed by atoms with Crippen molar-refractivity contribution in [2.75, 3.05) is 6.61 Å². The second kappa shape index (κ2) is 6.75. The first kappa shape index (κ1) is 18.4. The molecule has 0 unspecified atom stereocenters. The lowest BCUT2D eigenvalue weighted by Gasteiger charge is -2.15. The van der Waals surface area contributed by atoms with Gasteiger partial charge in [0.25, 0.3) is 5.56 Å². The molecule has 0 aliphatic heterocycles. The smallest absolute Gasteiger partial charge is 0.416 e. The van der Waals surface area contributed by atoms with Gasteiger partial charge in [0.15, 0.2) is 11.2 Å². The summed E-state index contributed by atoms with van der Waals surface area (Å²) >= 11 is 0. The maximum absolute atomic E-state index is 13.1. The zero-order chi connectivity index (χ0) is 19.8. The number of alkyl halides is 3. The average molecular weight is 378 g/mol. The van der Waals surface area contributed by atoms with Crippen molar-refractivity contribution in [3.05, 3.63) is 64.1 Å². The minimum absolute atomic E-state index is 0.0255. The second-order valence-corrected chi connectivity index (χ2v) is 5.51. The number of pyridine rings is 2. The van der Waals surface area contributed by atoms with Crippen LogP contribution in [0.3, 0.4) is 0 Å². The first-order chi connectivity index (χ1) is 12.8. The van der Waals surface area contributed by atoms with E-state index in [1.807, 2.05) is 0 Å². The highest BCUT2D eigenvalue weighted by molar-refractivity contribution is 5.99. The standard InChI is InChI=1S/C18H13F3N2O4/c1-2-27-17(26)13-14(24)12-7-4-8-22-15(12)23(16(13)25)11-6-3-5-10(9-11)18(19,20)21/h3-9,24H,2H2,1H3. The van der Waals surface area contributed by atoms with Crippen LogP contribution in [0.4, 0.5) is 13.2 Å². The van der Waals surface area contributed by atoms with Crippen LogP contribution in [-0.4, -0.2) is 27.2 Å². The van der Waals surface area contributed by atoms with Gasteiger partial charge in [-0.15, -0.1) is 0 Å². The summed E-state index contributed by atoms with van der Waals surface area (Å²) in [6.07, 6.45) is -3.31. The van der Waals surface area contributed by atoms with Crippen LogP contribution >= 0.6 is 0 Å². The summed E-state index contributed by atoms with van der Waals surface area (Å²) in [7, 11) is 0. The summed E-state index contributed by atoms with van der Waals surface area (Å²) in [6, 6.07) is 6.88. The highest BCUT2D eigenvalue weighted by Gasteiger charge is 2.31. The minimum Gasteiger partial charge on any atom is -0.506 e. The molecular formula is C18H13F3N2O4. The molecule has 0 spiro atoms. The van der Waals surface area contributed by atoms with Crippen LogP contribution in [0.1, 0.15) is 22.8 Å². The lowest BCUT2D eigenvalue weighted by atomic mass is 10.1. The number of aromatic nitrogens is 2. The van der Waals surface area contributed by atoms with Crippen LogP contribution in [0, 0.1) is 0 Å². The van der Waals surface area contributed by atoms with E-state index in [4.69, 9.17) is 4.74 Å². The molecule has 0 atom stereocenters. The van der Waals surface area contributed by atoms with E-state index in [1.165, 1.54) is 31.3 Å². The molecule has 9 heteroatoms. The molecule has 140 valence electrons. The van der Waals surface area contributed by atoms with Gasteiger partial charge in [0.1, 0.15) is 5.75 Å². The number of hydrogen-bond acceptors (Lipinski definition) is 5. The number of esters is 1. The van der Waals surface area contributed by atoms with Crippen molar-refractivity contribution >= 4 is 17.0 Å². The summed E-state index contributed by atoms with van der Waals surface area (Å²) in [5.41, 5.74) is -2.91. The molecule has 1 aromatic carbocycles. The first-order valence-corrected chi connectivity index (χ1v) is 7.83. The fourth-order valence-corrected chi connectivity index (χ4v) is 2.65. The van der Waals surface area contributed by atoms with Crippen molar-refractivity contribution in [1.29, 1.82) is 0 Å². The largest absolute Gasteiger partial charge is 0.506 e. The molecule has 2 aromatic heterocycles. The highest BCUT2D eigenvalue weighted by atomic mass is 19.4. The van der Waals surface area contributed by atoms with Crippen LogP contribution in [0.25, 0.3) is 16.7 Å². The molecule has 0 saturated heterocycles. The molecule has 2 heterocycles. The van der Waals surface area contributed by atoms with E-state index in [1.54, 1.807) is 0 Å². The molecular weight excluding hydrogens is 365 g/mol. The number of hydrogen-bond donors (Lipinski definition) is 1. The van der Waals surface area contributed by atoms with Gasteiger partial charge in [-0.2, -0.15) is 13.2 Å². The van der Waals surface area contributed by atoms with Gasteiger partial charge in [0.2, 0.25) is 0 Å². The van der Waals surface area contributed by atoms with E-state index in [0.717, 1.165) is 22.8 Å². The first-order valence-electron chi connectivity index (χ1n) is 7.83. The van der Waals surface area contributed by atoms with E-state index >= 15 is 0 Å². The number of nitrogens with zero attached hydrogens (tertiary/aromatic N) is 2. The lowest BCUT2D eigenvalue weighted by Crippen LogP contribution is -2.27. The summed E-state index contributed by atoms with van der Waals surface area (Å²) < 4.78 is 44.8. The SMILES string of the molecule is CCOC(=O)c1c(O)c2cccnc2n(-c2cccc(C(F)(F)F)c2)c1=O. The van der Waals surface area contributed by atoms with Crippen molar-refractivity contribution in [3.8, 4) is 11.4 Å². The van der Waals surface area contributed by atoms with E-state index in [9.17, 15) is 27.9 Å². The molecule has 1 N–H and O–H groups in total. The maximum Gasteiger partial charge on any atom is 0.416 e. The number of carbonyl (C=O) groups excluding carboxylic acids is 1. The van der Waals surface area contributed by atoms with Crippen molar-refractivity contribution in [3.63, 3.8) is 0 Å². The zero-order valence-electron chi connectivity index (χ0n) is 13.9. The third kappa shape index (κ3) is 3.23. The molecule has 0 fully saturated rings. The number of halogens is 3. The van der Waals surface area contributed by atoms with Gasteiger partial charge in [-0.1, -0.05) is 6.07 Å². The Morgan fingerprint density at radius 3 is 2.67 bits per heavy atom. The van der Waals surface area contributed by atoms with Gasteiger partial charge in [-0.3, -0.25) is 9.36 Å². The third-order valence-electron chi connectivity index (χ3n) is 3.82. The molecule has 0 radical (unpaired) electrons. The number of rotatable bonds is 3. The Labute approximate surface area is 150 Å². The second-order valence-electron chi connectivity index (χ2n) is 5.51. The zero-order valence-corrected chi connectivity index (χ0v) is 13.9. The molecule has 3 aromatic rings. The summed E-state index contributed by atoms with van der Waals surface area (Å²) in [4.78, 5) is 29.0. The van der Waals surface area contributed by atoms with Crippen LogP contribution in [0.15, 0.2) is 47.4 Å². The topological polar surface area (TPSA) is 81.4 Å². The maximum atomic E-state index is 13.1. The van der Waals surface area contributed by atoms with Crippen LogP contribution in [-0.2, 0) is 10.9 Å². The quantitative estimate of drug-likeness (QED) is 0.708. The van der Waals surface area contributed by atoms with E-state index < -0.39 is 34.6 Å². The number of ether oxygens (including phenoxy) is 1. The number of fused-ring (bicyclic) bond motifs is 1. The predicted octanol–water partition coefficient (Wildman–Crippen LogP) is 3.29. The molecule has 27 heavy (non-hydrogen) atoms. The number of carbonyl (C=O) groups is 1. The van der Waals surface area contributed by atoms with Crippen LogP contribution < -0.4 is 5.56 Å².